The van der Waals surface area contributed by atoms with E-state index in [1.54, 1.807) is 4.90 Å². The topological polar surface area (TPSA) is 38.8 Å². The number of ether oxygens (including phenoxy) is 2. The van der Waals surface area contributed by atoms with Crippen molar-refractivity contribution in [2.45, 2.75) is 19.8 Å². The number of rotatable bonds is 5. The van der Waals surface area contributed by atoms with Gasteiger partial charge >= 0.3 is 6.09 Å². The molecule has 0 saturated carbocycles. The SMILES string of the molecule is C#CCOCCOC(=O)N1CCC(CC)C1. The molecule has 1 fully saturated rings. The second-order valence-corrected chi connectivity index (χ2v) is 3.88. The van der Waals surface area contributed by atoms with Gasteiger partial charge in [-0.15, -0.1) is 6.42 Å². The Balaban J connectivity index is 2.09. The van der Waals surface area contributed by atoms with Crippen LogP contribution in [0.2, 0.25) is 0 Å². The van der Waals surface area contributed by atoms with Crippen LogP contribution >= 0.6 is 0 Å². The number of hydrogen-bond acceptors (Lipinski definition) is 3. The molecule has 4 heteroatoms. The first kappa shape index (κ1) is 12.9. The Kier molecular flexibility index (Phi) is 5.73. The minimum atomic E-state index is -0.236. The third-order valence-corrected chi connectivity index (χ3v) is 2.76. The van der Waals surface area contributed by atoms with Gasteiger partial charge in [0.1, 0.15) is 13.2 Å². The van der Waals surface area contributed by atoms with Gasteiger partial charge in [0.05, 0.1) is 6.61 Å². The molecule has 0 aromatic rings. The summed E-state index contributed by atoms with van der Waals surface area (Å²) < 4.78 is 10.1. The van der Waals surface area contributed by atoms with Crippen molar-refractivity contribution in [3.05, 3.63) is 0 Å². The van der Waals surface area contributed by atoms with Crippen LogP contribution < -0.4 is 0 Å². The minimum absolute atomic E-state index is 0.236. The van der Waals surface area contributed by atoms with Crippen LogP contribution in [0.5, 0.6) is 0 Å². The van der Waals surface area contributed by atoms with Crippen LogP contribution in [0, 0.1) is 18.3 Å². The maximum absolute atomic E-state index is 11.5. The van der Waals surface area contributed by atoms with E-state index >= 15 is 0 Å². The summed E-state index contributed by atoms with van der Waals surface area (Å²) in [5, 5.41) is 0. The van der Waals surface area contributed by atoms with Gasteiger partial charge in [-0.3, -0.25) is 0 Å². The molecule has 0 N–H and O–H groups in total. The summed E-state index contributed by atoms with van der Waals surface area (Å²) in [4.78, 5) is 13.3. The average molecular weight is 225 g/mol. The highest BCUT2D eigenvalue weighted by atomic mass is 16.6. The molecule has 1 atom stereocenters. The maximum atomic E-state index is 11.5. The zero-order valence-corrected chi connectivity index (χ0v) is 9.78. The molecule has 0 spiro atoms. The lowest BCUT2D eigenvalue weighted by Crippen LogP contribution is -2.30. The summed E-state index contributed by atoms with van der Waals surface area (Å²) in [5.41, 5.74) is 0. The molecule has 0 aromatic heterocycles. The molecule has 90 valence electrons. The monoisotopic (exact) mass is 225 g/mol. The van der Waals surface area contributed by atoms with Gasteiger partial charge in [0, 0.05) is 13.1 Å². The van der Waals surface area contributed by atoms with Gasteiger partial charge in [-0.2, -0.15) is 0 Å². The Morgan fingerprint density at radius 3 is 3.00 bits per heavy atom. The van der Waals surface area contributed by atoms with Gasteiger partial charge < -0.3 is 14.4 Å². The van der Waals surface area contributed by atoms with Crippen LogP contribution in [0.1, 0.15) is 19.8 Å². The lowest BCUT2D eigenvalue weighted by atomic mass is 10.1. The Labute approximate surface area is 96.9 Å². The molecule has 0 radical (unpaired) electrons. The van der Waals surface area contributed by atoms with Crippen molar-refractivity contribution in [1.82, 2.24) is 4.90 Å². The molecular formula is C12H19NO3. The summed E-state index contributed by atoms with van der Waals surface area (Å²) in [6, 6.07) is 0. The lowest BCUT2D eigenvalue weighted by Gasteiger charge is -2.15. The third-order valence-electron chi connectivity index (χ3n) is 2.76. The van der Waals surface area contributed by atoms with Gasteiger partial charge in [-0.1, -0.05) is 19.3 Å². The number of nitrogens with zero attached hydrogens (tertiary/aromatic N) is 1. The van der Waals surface area contributed by atoms with Gasteiger partial charge in [0.15, 0.2) is 0 Å². The molecule has 1 unspecified atom stereocenters. The van der Waals surface area contributed by atoms with E-state index in [2.05, 4.69) is 12.8 Å². The number of carbonyl (C=O) groups excluding carboxylic acids is 1. The van der Waals surface area contributed by atoms with Crippen molar-refractivity contribution in [2.24, 2.45) is 5.92 Å². The van der Waals surface area contributed by atoms with E-state index in [4.69, 9.17) is 15.9 Å². The zero-order valence-electron chi connectivity index (χ0n) is 9.78. The fourth-order valence-electron chi connectivity index (χ4n) is 1.74. The maximum Gasteiger partial charge on any atom is 0.409 e. The smallest absolute Gasteiger partial charge is 0.409 e. The van der Waals surface area contributed by atoms with Crippen molar-refractivity contribution in [3.63, 3.8) is 0 Å². The van der Waals surface area contributed by atoms with E-state index in [9.17, 15) is 4.79 Å². The molecule has 0 aromatic carbocycles. The van der Waals surface area contributed by atoms with E-state index < -0.39 is 0 Å². The highest BCUT2D eigenvalue weighted by molar-refractivity contribution is 5.67. The quantitative estimate of drug-likeness (QED) is 0.526. The Hall–Kier alpha value is -1.21. The fraction of sp³-hybridized carbons (Fsp3) is 0.750. The summed E-state index contributed by atoms with van der Waals surface area (Å²) in [7, 11) is 0. The largest absolute Gasteiger partial charge is 0.447 e. The first-order valence-corrected chi connectivity index (χ1v) is 5.70. The van der Waals surface area contributed by atoms with E-state index in [0.29, 0.717) is 12.5 Å². The van der Waals surface area contributed by atoms with Crippen molar-refractivity contribution >= 4 is 6.09 Å². The Morgan fingerprint density at radius 1 is 1.56 bits per heavy atom. The number of amides is 1. The molecule has 4 nitrogen and oxygen atoms in total. The average Bonchev–Trinajstić information content (AvgIpc) is 2.77. The van der Waals surface area contributed by atoms with Gasteiger partial charge in [-0.05, 0) is 12.3 Å². The highest BCUT2D eigenvalue weighted by Crippen LogP contribution is 2.19. The lowest BCUT2D eigenvalue weighted by molar-refractivity contribution is 0.0682. The summed E-state index contributed by atoms with van der Waals surface area (Å²) in [5.74, 6) is 2.98. The standard InChI is InChI=1S/C12H19NO3/c1-3-7-15-8-9-16-12(14)13-6-5-11(4-2)10-13/h1,11H,4-10H2,2H3. The number of carbonyl (C=O) groups is 1. The number of likely N-dealkylation sites (tertiary alicyclic amines) is 1. The van der Waals surface area contributed by atoms with Crippen molar-refractivity contribution in [2.75, 3.05) is 32.9 Å². The summed E-state index contributed by atoms with van der Waals surface area (Å²) in [6.45, 7) is 4.67. The first-order valence-electron chi connectivity index (χ1n) is 5.70. The van der Waals surface area contributed by atoms with Crippen molar-refractivity contribution in [3.8, 4) is 12.3 Å². The minimum Gasteiger partial charge on any atom is -0.447 e. The van der Waals surface area contributed by atoms with E-state index in [-0.39, 0.29) is 19.3 Å². The molecule has 16 heavy (non-hydrogen) atoms. The second kappa shape index (κ2) is 7.13. The third kappa shape index (κ3) is 4.11. The van der Waals surface area contributed by atoms with Gasteiger partial charge in [0.2, 0.25) is 0 Å². The highest BCUT2D eigenvalue weighted by Gasteiger charge is 2.25. The molecule has 0 aliphatic carbocycles. The molecule has 1 saturated heterocycles. The van der Waals surface area contributed by atoms with Crippen molar-refractivity contribution in [1.29, 1.82) is 0 Å². The van der Waals surface area contributed by atoms with Crippen molar-refractivity contribution < 1.29 is 14.3 Å². The van der Waals surface area contributed by atoms with Crippen LogP contribution in [0.4, 0.5) is 4.79 Å². The van der Waals surface area contributed by atoms with Crippen LogP contribution in [0.25, 0.3) is 0 Å². The Morgan fingerprint density at radius 2 is 2.38 bits per heavy atom. The van der Waals surface area contributed by atoms with E-state index in [1.165, 1.54) is 0 Å². The summed E-state index contributed by atoms with van der Waals surface area (Å²) >= 11 is 0. The predicted octanol–water partition coefficient (Wildman–Crippen LogP) is 1.50. The summed E-state index contributed by atoms with van der Waals surface area (Å²) in [6.07, 6.45) is 6.98. The molecule has 0 bridgehead atoms. The molecule has 1 amide bonds. The molecule has 1 rings (SSSR count). The number of hydrogen-bond donors (Lipinski definition) is 0. The normalized spacial score (nSPS) is 19.5. The molecule has 1 heterocycles. The molecule has 1 aliphatic heterocycles. The van der Waals surface area contributed by atoms with E-state index in [1.807, 2.05) is 0 Å². The second-order valence-electron chi connectivity index (χ2n) is 3.88. The first-order chi connectivity index (χ1) is 7.77. The zero-order chi connectivity index (χ0) is 11.8. The van der Waals surface area contributed by atoms with Crippen LogP contribution in [-0.4, -0.2) is 43.9 Å². The van der Waals surface area contributed by atoms with Crippen LogP contribution in [0.3, 0.4) is 0 Å². The van der Waals surface area contributed by atoms with E-state index in [0.717, 1.165) is 25.9 Å². The fourth-order valence-corrected chi connectivity index (χ4v) is 1.74. The number of terminal acetylenes is 1. The molecule has 1 aliphatic rings. The van der Waals surface area contributed by atoms with Gasteiger partial charge in [0.25, 0.3) is 0 Å². The van der Waals surface area contributed by atoms with Gasteiger partial charge in [-0.25, -0.2) is 4.79 Å². The molecular weight excluding hydrogens is 206 g/mol. The van der Waals surface area contributed by atoms with Crippen LogP contribution in [-0.2, 0) is 9.47 Å². The predicted molar refractivity (Wildman–Crippen MR) is 61.0 cm³/mol. The Bertz CT molecular complexity index is 259. The van der Waals surface area contributed by atoms with Crippen LogP contribution in [0.15, 0.2) is 0 Å².